The molecule has 1 fully saturated rings. The molecule has 2 aliphatic rings. The van der Waals surface area contributed by atoms with Crippen LogP contribution < -0.4 is 5.32 Å². The summed E-state index contributed by atoms with van der Waals surface area (Å²) in [5, 5.41) is 2.86. The molecule has 2 amide bonds. The van der Waals surface area contributed by atoms with Crippen molar-refractivity contribution in [3.63, 3.8) is 0 Å². The van der Waals surface area contributed by atoms with Crippen LogP contribution >= 0.6 is 0 Å². The molecule has 0 unspecified atom stereocenters. The monoisotopic (exact) mass is 451 g/mol. The molecule has 1 aromatic rings. The van der Waals surface area contributed by atoms with Gasteiger partial charge < -0.3 is 19.9 Å². The average Bonchev–Trinajstić information content (AvgIpc) is 3.03. The second-order valence-electron chi connectivity index (χ2n) is 7.60. The van der Waals surface area contributed by atoms with Crippen molar-refractivity contribution in [3.05, 3.63) is 29.8 Å². The second-order valence-corrected chi connectivity index (χ2v) is 9.17. The lowest BCUT2D eigenvalue weighted by Gasteiger charge is -2.35. The van der Waals surface area contributed by atoms with Crippen LogP contribution in [0.1, 0.15) is 12.0 Å². The Kier molecular flexibility index (Phi) is 7.63. The molecule has 0 bridgehead atoms. The molecule has 0 radical (unpaired) electrons. The summed E-state index contributed by atoms with van der Waals surface area (Å²) >= 11 is 0. The minimum atomic E-state index is -3.72. The summed E-state index contributed by atoms with van der Waals surface area (Å²) in [7, 11) is -0.427. The van der Waals surface area contributed by atoms with Crippen molar-refractivity contribution in [2.45, 2.75) is 11.3 Å². The van der Waals surface area contributed by atoms with Crippen LogP contribution in [-0.4, -0.2) is 107 Å². The van der Waals surface area contributed by atoms with Gasteiger partial charge in [-0.3, -0.25) is 14.5 Å². The van der Waals surface area contributed by atoms with E-state index in [-0.39, 0.29) is 29.1 Å². The number of likely N-dealkylation sites (N-methyl/N-ethyl adjacent to an activating group) is 1. The molecule has 0 spiro atoms. The summed E-state index contributed by atoms with van der Waals surface area (Å²) in [6, 6.07) is 6.61. The van der Waals surface area contributed by atoms with Gasteiger partial charge in [0.05, 0.1) is 13.1 Å². The zero-order valence-electron chi connectivity index (χ0n) is 17.9. The third-order valence-electron chi connectivity index (χ3n) is 5.29. The highest BCUT2D eigenvalue weighted by atomic mass is 32.2. The van der Waals surface area contributed by atoms with Crippen molar-refractivity contribution < 1.29 is 22.7 Å². The molecule has 11 heteroatoms. The fourth-order valence-corrected chi connectivity index (χ4v) is 4.85. The van der Waals surface area contributed by atoms with Gasteiger partial charge in [-0.05, 0) is 18.6 Å². The molecule has 2 aliphatic heterocycles. The summed E-state index contributed by atoms with van der Waals surface area (Å²) in [4.78, 5) is 30.2. The molecular formula is C20H29N5O5S. The van der Waals surface area contributed by atoms with Crippen molar-refractivity contribution in [1.29, 1.82) is 0 Å². The topological polar surface area (TPSA) is 112 Å². The summed E-state index contributed by atoms with van der Waals surface area (Å²) in [6.07, 6.45) is 0.773. The summed E-state index contributed by atoms with van der Waals surface area (Å²) in [6.45, 7) is 3.79. The Morgan fingerprint density at radius 1 is 1.19 bits per heavy atom. The third-order valence-corrected chi connectivity index (χ3v) is 6.61. The normalized spacial score (nSPS) is 17.7. The number of hydrogen-bond acceptors (Lipinski definition) is 7. The molecular weight excluding hydrogens is 422 g/mol. The van der Waals surface area contributed by atoms with E-state index in [0.29, 0.717) is 51.4 Å². The van der Waals surface area contributed by atoms with Gasteiger partial charge in [0.25, 0.3) is 10.0 Å². The minimum Gasteiger partial charge on any atom is -0.385 e. The standard InChI is InChI=1S/C20H29N5O5S/c1-23(20-16-6-3-4-7-17(16)31(28,29)22-20)15-19(27)25-11-9-24(10-12-25)14-18(26)21-8-5-13-30-2/h3-4,6-7H,5,8-15H2,1-2H3,(H,21,26). The number of nitrogens with one attached hydrogen (secondary N) is 1. The van der Waals surface area contributed by atoms with Crippen LogP contribution in [-0.2, 0) is 24.3 Å². The second kappa shape index (κ2) is 10.2. The Labute approximate surface area is 182 Å². The van der Waals surface area contributed by atoms with Gasteiger partial charge in [0.2, 0.25) is 11.8 Å². The highest BCUT2D eigenvalue weighted by Gasteiger charge is 2.32. The first-order chi connectivity index (χ1) is 14.8. The number of methoxy groups -OCH3 is 1. The van der Waals surface area contributed by atoms with Crippen molar-refractivity contribution in [2.75, 3.05) is 66.6 Å². The van der Waals surface area contributed by atoms with Gasteiger partial charge >= 0.3 is 0 Å². The van der Waals surface area contributed by atoms with E-state index in [2.05, 4.69) is 9.71 Å². The molecule has 0 saturated carbocycles. The van der Waals surface area contributed by atoms with E-state index >= 15 is 0 Å². The molecule has 10 nitrogen and oxygen atoms in total. The molecule has 0 aliphatic carbocycles. The zero-order chi connectivity index (χ0) is 22.4. The highest BCUT2D eigenvalue weighted by Crippen LogP contribution is 2.26. The Balaban J connectivity index is 1.47. The van der Waals surface area contributed by atoms with Crippen LogP contribution in [0.15, 0.2) is 33.6 Å². The number of fused-ring (bicyclic) bond motifs is 1. The lowest BCUT2D eigenvalue weighted by Crippen LogP contribution is -2.53. The van der Waals surface area contributed by atoms with Gasteiger partial charge in [0, 0.05) is 59.1 Å². The first-order valence-electron chi connectivity index (χ1n) is 10.2. The smallest absolute Gasteiger partial charge is 0.285 e. The largest absolute Gasteiger partial charge is 0.385 e. The average molecular weight is 452 g/mol. The Bertz CT molecular complexity index is 941. The molecule has 2 heterocycles. The molecule has 3 rings (SSSR count). The number of ether oxygens (including phenoxy) is 1. The fourth-order valence-electron chi connectivity index (χ4n) is 3.60. The van der Waals surface area contributed by atoms with Gasteiger partial charge in [0.15, 0.2) is 5.84 Å². The lowest BCUT2D eigenvalue weighted by molar-refractivity contribution is -0.133. The number of amides is 2. The number of amidine groups is 1. The number of nitrogens with zero attached hydrogens (tertiary/aromatic N) is 4. The number of carbonyl (C=O) groups is 2. The van der Waals surface area contributed by atoms with Crippen LogP contribution in [0.25, 0.3) is 0 Å². The van der Waals surface area contributed by atoms with Crippen molar-refractivity contribution in [2.24, 2.45) is 4.40 Å². The molecule has 0 aromatic heterocycles. The van der Waals surface area contributed by atoms with Crippen LogP contribution in [0.2, 0.25) is 0 Å². The maximum atomic E-state index is 12.7. The molecule has 31 heavy (non-hydrogen) atoms. The summed E-state index contributed by atoms with van der Waals surface area (Å²) in [5.41, 5.74) is 0.513. The maximum absolute atomic E-state index is 12.7. The zero-order valence-corrected chi connectivity index (χ0v) is 18.7. The van der Waals surface area contributed by atoms with Gasteiger partial charge in [-0.1, -0.05) is 12.1 Å². The molecule has 1 aromatic carbocycles. The summed E-state index contributed by atoms with van der Waals surface area (Å²) in [5.74, 6) is 0.151. The first kappa shape index (κ1) is 23.2. The molecule has 1 N–H and O–H groups in total. The minimum absolute atomic E-state index is 0.0304. The van der Waals surface area contributed by atoms with E-state index in [1.54, 1.807) is 42.2 Å². The number of carbonyl (C=O) groups excluding carboxylic acids is 2. The van der Waals surface area contributed by atoms with Crippen LogP contribution in [0.5, 0.6) is 0 Å². The predicted octanol–water partition coefficient (Wildman–Crippen LogP) is -0.636. The third kappa shape index (κ3) is 5.81. The van der Waals surface area contributed by atoms with Crippen LogP contribution in [0.3, 0.4) is 0 Å². The van der Waals surface area contributed by atoms with Crippen LogP contribution in [0.4, 0.5) is 0 Å². The van der Waals surface area contributed by atoms with E-state index < -0.39 is 10.0 Å². The van der Waals surface area contributed by atoms with Crippen molar-refractivity contribution in [3.8, 4) is 0 Å². The molecule has 0 atom stereocenters. The first-order valence-corrected chi connectivity index (χ1v) is 11.7. The van der Waals surface area contributed by atoms with Gasteiger partial charge in [0.1, 0.15) is 4.90 Å². The Morgan fingerprint density at radius 3 is 2.61 bits per heavy atom. The SMILES string of the molecule is COCCCNC(=O)CN1CCN(C(=O)CN(C)C2=NS(=O)(=O)c3ccccc32)CC1. The van der Waals surface area contributed by atoms with E-state index in [1.165, 1.54) is 6.07 Å². The Hall–Kier alpha value is -2.50. The molecule has 1 saturated heterocycles. The number of piperazine rings is 1. The fraction of sp³-hybridized carbons (Fsp3) is 0.550. The number of hydrogen-bond donors (Lipinski definition) is 1. The van der Waals surface area contributed by atoms with Gasteiger partial charge in [-0.2, -0.15) is 8.42 Å². The number of benzene rings is 1. The Morgan fingerprint density at radius 2 is 1.90 bits per heavy atom. The lowest BCUT2D eigenvalue weighted by atomic mass is 10.2. The highest BCUT2D eigenvalue weighted by molar-refractivity contribution is 7.90. The number of sulfonamides is 1. The van der Waals surface area contributed by atoms with Crippen molar-refractivity contribution >= 4 is 27.7 Å². The molecule has 170 valence electrons. The van der Waals surface area contributed by atoms with E-state index in [4.69, 9.17) is 4.74 Å². The van der Waals surface area contributed by atoms with E-state index in [1.807, 2.05) is 4.90 Å². The summed E-state index contributed by atoms with van der Waals surface area (Å²) < 4.78 is 33.3. The van der Waals surface area contributed by atoms with E-state index in [0.717, 1.165) is 6.42 Å². The van der Waals surface area contributed by atoms with E-state index in [9.17, 15) is 18.0 Å². The maximum Gasteiger partial charge on any atom is 0.285 e. The van der Waals surface area contributed by atoms with Crippen LogP contribution in [0, 0.1) is 0 Å². The quantitative estimate of drug-likeness (QED) is 0.524. The van der Waals surface area contributed by atoms with Gasteiger partial charge in [-0.25, -0.2) is 0 Å². The van der Waals surface area contributed by atoms with Gasteiger partial charge in [-0.15, -0.1) is 4.40 Å². The van der Waals surface area contributed by atoms with Crippen molar-refractivity contribution in [1.82, 2.24) is 20.0 Å². The number of rotatable bonds is 8. The predicted molar refractivity (Wildman–Crippen MR) is 115 cm³/mol.